The van der Waals surface area contributed by atoms with Crippen molar-refractivity contribution in [3.63, 3.8) is 0 Å². The number of hydrogen-bond acceptors (Lipinski definition) is 4. The maximum Gasteiger partial charge on any atom is 0.256 e. The van der Waals surface area contributed by atoms with Crippen molar-refractivity contribution in [3.8, 4) is 11.3 Å². The fourth-order valence-electron chi connectivity index (χ4n) is 2.73. The molecule has 1 N–H and O–H groups in total. The van der Waals surface area contributed by atoms with E-state index in [2.05, 4.69) is 20.3 Å². The second-order valence-corrected chi connectivity index (χ2v) is 5.48. The van der Waals surface area contributed by atoms with Crippen molar-refractivity contribution in [1.29, 1.82) is 0 Å². The van der Waals surface area contributed by atoms with Gasteiger partial charge in [-0.3, -0.25) is 9.78 Å². The molecular formula is C20H14N4O. The van der Waals surface area contributed by atoms with E-state index in [0.717, 1.165) is 16.5 Å². The summed E-state index contributed by atoms with van der Waals surface area (Å²) in [6, 6.07) is 19.0. The van der Waals surface area contributed by atoms with Crippen LogP contribution in [-0.4, -0.2) is 20.9 Å². The van der Waals surface area contributed by atoms with Crippen LogP contribution in [0, 0.1) is 0 Å². The molecule has 4 rings (SSSR count). The number of nitrogens with zero attached hydrogens (tertiary/aromatic N) is 3. The molecule has 0 unspecified atom stereocenters. The number of pyridine rings is 1. The minimum Gasteiger partial charge on any atom is -0.319 e. The van der Waals surface area contributed by atoms with Crippen molar-refractivity contribution < 1.29 is 4.79 Å². The zero-order valence-electron chi connectivity index (χ0n) is 13.3. The Morgan fingerprint density at radius 3 is 2.56 bits per heavy atom. The molecular weight excluding hydrogens is 312 g/mol. The van der Waals surface area contributed by atoms with E-state index in [1.54, 1.807) is 18.5 Å². The van der Waals surface area contributed by atoms with Gasteiger partial charge in [-0.05, 0) is 12.1 Å². The summed E-state index contributed by atoms with van der Waals surface area (Å²) in [5, 5.41) is 3.73. The minimum atomic E-state index is -0.217. The zero-order chi connectivity index (χ0) is 17.1. The Kier molecular flexibility index (Phi) is 3.88. The van der Waals surface area contributed by atoms with E-state index in [1.807, 2.05) is 54.6 Å². The van der Waals surface area contributed by atoms with Crippen LogP contribution in [0.4, 0.5) is 5.69 Å². The molecule has 2 heterocycles. The highest BCUT2D eigenvalue weighted by Crippen LogP contribution is 2.25. The molecule has 0 spiro atoms. The fraction of sp³-hybridized carbons (Fsp3) is 0. The number of carbonyl (C=O) groups is 1. The summed E-state index contributed by atoms with van der Waals surface area (Å²) >= 11 is 0. The Balaban J connectivity index is 1.72. The largest absolute Gasteiger partial charge is 0.319 e. The monoisotopic (exact) mass is 326 g/mol. The molecule has 0 bridgehead atoms. The van der Waals surface area contributed by atoms with Gasteiger partial charge in [-0.1, -0.05) is 48.5 Å². The summed E-state index contributed by atoms with van der Waals surface area (Å²) < 4.78 is 0. The maximum atomic E-state index is 12.8. The summed E-state index contributed by atoms with van der Waals surface area (Å²) in [4.78, 5) is 25.5. The van der Waals surface area contributed by atoms with E-state index in [0.29, 0.717) is 16.9 Å². The molecule has 0 saturated carbocycles. The maximum absolute atomic E-state index is 12.8. The van der Waals surface area contributed by atoms with E-state index in [1.165, 1.54) is 6.33 Å². The molecule has 0 fully saturated rings. The molecule has 4 aromatic rings. The molecule has 1 amide bonds. The van der Waals surface area contributed by atoms with Crippen LogP contribution in [0.15, 0.2) is 79.4 Å². The van der Waals surface area contributed by atoms with Crippen molar-refractivity contribution in [3.05, 3.63) is 84.9 Å². The second-order valence-electron chi connectivity index (χ2n) is 5.48. The summed E-state index contributed by atoms with van der Waals surface area (Å²) in [6.07, 6.45) is 4.72. The van der Waals surface area contributed by atoms with Crippen molar-refractivity contribution in [2.45, 2.75) is 0 Å². The summed E-state index contributed by atoms with van der Waals surface area (Å²) in [5.41, 5.74) is 3.51. The van der Waals surface area contributed by atoms with Crippen LogP contribution in [0.25, 0.3) is 22.2 Å². The van der Waals surface area contributed by atoms with Crippen molar-refractivity contribution in [2.24, 2.45) is 0 Å². The van der Waals surface area contributed by atoms with Crippen LogP contribution in [0.5, 0.6) is 0 Å². The Morgan fingerprint density at radius 2 is 1.68 bits per heavy atom. The van der Waals surface area contributed by atoms with Gasteiger partial charge in [0.05, 0.1) is 28.7 Å². The Bertz CT molecular complexity index is 1040. The van der Waals surface area contributed by atoms with E-state index < -0.39 is 0 Å². The number of anilines is 1. The lowest BCUT2D eigenvalue weighted by molar-refractivity contribution is 0.102. The van der Waals surface area contributed by atoms with Crippen LogP contribution < -0.4 is 5.32 Å². The molecule has 120 valence electrons. The number of fused-ring (bicyclic) bond motifs is 1. The molecule has 0 radical (unpaired) electrons. The Labute approximate surface area is 144 Å². The highest BCUT2D eigenvalue weighted by Gasteiger charge is 2.14. The van der Waals surface area contributed by atoms with Crippen LogP contribution in [0.3, 0.4) is 0 Å². The number of para-hydroxylation sites is 1. The summed E-state index contributed by atoms with van der Waals surface area (Å²) in [7, 11) is 0. The highest BCUT2D eigenvalue weighted by atomic mass is 16.1. The van der Waals surface area contributed by atoms with Gasteiger partial charge in [-0.25, -0.2) is 9.97 Å². The molecule has 2 aromatic carbocycles. The van der Waals surface area contributed by atoms with Gasteiger partial charge in [-0.2, -0.15) is 0 Å². The molecule has 25 heavy (non-hydrogen) atoms. The quantitative estimate of drug-likeness (QED) is 0.619. The van der Waals surface area contributed by atoms with Crippen molar-refractivity contribution >= 4 is 22.5 Å². The molecule has 0 aliphatic carbocycles. The third kappa shape index (κ3) is 2.95. The molecule has 0 atom stereocenters. The third-order valence-corrected chi connectivity index (χ3v) is 3.90. The van der Waals surface area contributed by atoms with Crippen LogP contribution in [0.1, 0.15) is 10.4 Å². The molecule has 5 heteroatoms. The van der Waals surface area contributed by atoms with Gasteiger partial charge in [0.15, 0.2) is 0 Å². The topological polar surface area (TPSA) is 67.8 Å². The number of carbonyl (C=O) groups excluding carboxylic acids is 1. The van der Waals surface area contributed by atoms with Gasteiger partial charge >= 0.3 is 0 Å². The first kappa shape index (κ1) is 15.0. The van der Waals surface area contributed by atoms with Crippen molar-refractivity contribution in [2.75, 3.05) is 5.32 Å². The van der Waals surface area contributed by atoms with Crippen LogP contribution in [0.2, 0.25) is 0 Å². The number of nitrogens with one attached hydrogen (secondary N) is 1. The highest BCUT2D eigenvalue weighted by molar-refractivity contribution is 6.13. The Hall–Kier alpha value is -3.60. The Morgan fingerprint density at radius 1 is 0.880 bits per heavy atom. The lowest BCUT2D eigenvalue weighted by atomic mass is 10.1. The van der Waals surface area contributed by atoms with Gasteiger partial charge in [0.1, 0.15) is 6.33 Å². The van der Waals surface area contributed by atoms with Crippen LogP contribution in [-0.2, 0) is 0 Å². The predicted octanol–water partition coefficient (Wildman–Crippen LogP) is 3.94. The van der Waals surface area contributed by atoms with Gasteiger partial charge in [-0.15, -0.1) is 0 Å². The van der Waals surface area contributed by atoms with Crippen molar-refractivity contribution in [1.82, 2.24) is 15.0 Å². The first-order chi connectivity index (χ1) is 12.3. The summed E-state index contributed by atoms with van der Waals surface area (Å²) in [5.74, 6) is -0.217. The minimum absolute atomic E-state index is 0.217. The number of aromatic nitrogens is 3. The van der Waals surface area contributed by atoms with Crippen LogP contribution >= 0.6 is 0 Å². The first-order valence-corrected chi connectivity index (χ1v) is 7.83. The van der Waals surface area contributed by atoms with E-state index >= 15 is 0 Å². The number of hydrogen-bond donors (Lipinski definition) is 1. The molecule has 0 aliphatic heterocycles. The third-order valence-electron chi connectivity index (χ3n) is 3.90. The van der Waals surface area contributed by atoms with Gasteiger partial charge in [0.2, 0.25) is 0 Å². The first-order valence-electron chi connectivity index (χ1n) is 7.83. The SMILES string of the molecule is O=C(Nc1cncnc1-c1ccccc1)c1ccnc2ccccc12. The number of amides is 1. The molecule has 5 nitrogen and oxygen atoms in total. The molecule has 0 aliphatic rings. The number of benzene rings is 2. The van der Waals surface area contributed by atoms with Gasteiger partial charge < -0.3 is 5.32 Å². The van der Waals surface area contributed by atoms with E-state index in [4.69, 9.17) is 0 Å². The standard InChI is InChI=1S/C20H14N4O/c25-20(16-10-11-22-17-9-5-4-8-15(16)17)24-18-12-21-13-23-19(18)14-6-2-1-3-7-14/h1-13H,(H,24,25). The van der Waals surface area contributed by atoms with E-state index in [-0.39, 0.29) is 5.91 Å². The summed E-state index contributed by atoms with van der Waals surface area (Å²) in [6.45, 7) is 0. The fourth-order valence-corrected chi connectivity index (χ4v) is 2.73. The lowest BCUT2D eigenvalue weighted by Crippen LogP contribution is -2.14. The smallest absolute Gasteiger partial charge is 0.256 e. The van der Waals surface area contributed by atoms with Gasteiger partial charge in [0, 0.05) is 17.1 Å². The van der Waals surface area contributed by atoms with E-state index in [9.17, 15) is 4.79 Å². The second kappa shape index (κ2) is 6.49. The average molecular weight is 326 g/mol. The average Bonchev–Trinajstić information content (AvgIpc) is 2.68. The van der Waals surface area contributed by atoms with Gasteiger partial charge in [0.25, 0.3) is 5.91 Å². The normalized spacial score (nSPS) is 10.6. The zero-order valence-corrected chi connectivity index (χ0v) is 13.3. The molecule has 2 aromatic heterocycles. The lowest BCUT2D eigenvalue weighted by Gasteiger charge is -2.11. The predicted molar refractivity (Wildman–Crippen MR) is 97.2 cm³/mol. The number of rotatable bonds is 3. The molecule has 0 saturated heterocycles.